The number of nitrogens with one attached hydrogen (secondary N) is 2. The third-order valence-electron chi connectivity index (χ3n) is 5.77. The van der Waals surface area contributed by atoms with Gasteiger partial charge in [-0.05, 0) is 66.8 Å². The van der Waals surface area contributed by atoms with Crippen molar-refractivity contribution in [1.29, 1.82) is 0 Å². The molecular weight excluding hydrogens is 434 g/mol. The van der Waals surface area contributed by atoms with Gasteiger partial charge in [0.1, 0.15) is 5.75 Å². The van der Waals surface area contributed by atoms with E-state index in [0.29, 0.717) is 49.7 Å². The lowest BCUT2D eigenvalue weighted by Crippen LogP contribution is -2.47. The van der Waals surface area contributed by atoms with E-state index in [1.807, 2.05) is 57.2 Å². The quantitative estimate of drug-likeness (QED) is 0.568. The molecule has 34 heavy (non-hydrogen) atoms. The molecule has 0 spiro atoms. The number of urea groups is 1. The van der Waals surface area contributed by atoms with Crippen LogP contribution in [0, 0.1) is 5.92 Å². The highest BCUT2D eigenvalue weighted by Gasteiger charge is 2.32. The van der Waals surface area contributed by atoms with Crippen molar-refractivity contribution in [3.8, 4) is 17.2 Å². The molecule has 0 radical (unpaired) electrons. The summed E-state index contributed by atoms with van der Waals surface area (Å²) in [5, 5.41) is 5.99. The summed E-state index contributed by atoms with van der Waals surface area (Å²) < 4.78 is 16.4. The maximum atomic E-state index is 13.3. The number of fused-ring (bicyclic) bond motifs is 1. The van der Waals surface area contributed by atoms with Crippen LogP contribution in [-0.2, 0) is 11.2 Å². The average Bonchev–Trinajstić information content (AvgIpc) is 2.82. The molecule has 0 aromatic heterocycles. The van der Waals surface area contributed by atoms with Gasteiger partial charge in [-0.2, -0.15) is 0 Å². The van der Waals surface area contributed by atoms with E-state index in [4.69, 9.17) is 14.2 Å². The van der Waals surface area contributed by atoms with Crippen LogP contribution in [0.5, 0.6) is 17.2 Å². The van der Waals surface area contributed by atoms with Gasteiger partial charge in [0.25, 0.3) is 0 Å². The van der Waals surface area contributed by atoms with Crippen molar-refractivity contribution in [1.82, 2.24) is 10.2 Å². The second-order valence-corrected chi connectivity index (χ2v) is 8.65. The number of carbonyl (C=O) groups excluding carboxylic acids is 2. The minimum atomic E-state index is -0.345. The van der Waals surface area contributed by atoms with Crippen molar-refractivity contribution >= 4 is 17.6 Å². The van der Waals surface area contributed by atoms with Gasteiger partial charge in [0.15, 0.2) is 11.5 Å². The molecule has 1 aliphatic heterocycles. The lowest BCUT2D eigenvalue weighted by atomic mass is 9.91. The summed E-state index contributed by atoms with van der Waals surface area (Å²) in [6.07, 6.45) is 1.10. The average molecular weight is 470 g/mol. The molecule has 0 saturated carbocycles. The Hall–Kier alpha value is -3.42. The molecule has 1 atom stereocenters. The second kappa shape index (κ2) is 11.6. The Labute approximate surface area is 201 Å². The van der Waals surface area contributed by atoms with Crippen LogP contribution in [0.1, 0.15) is 44.4 Å². The van der Waals surface area contributed by atoms with Crippen LogP contribution >= 0.6 is 0 Å². The topological polar surface area (TPSA) is 89.1 Å². The van der Waals surface area contributed by atoms with Gasteiger partial charge in [-0.25, -0.2) is 4.79 Å². The molecule has 8 nitrogen and oxygen atoms in total. The smallest absolute Gasteiger partial charge is 0.322 e. The van der Waals surface area contributed by atoms with Crippen molar-refractivity contribution < 1.29 is 23.8 Å². The van der Waals surface area contributed by atoms with Gasteiger partial charge in [0.2, 0.25) is 5.91 Å². The van der Waals surface area contributed by atoms with Gasteiger partial charge in [-0.15, -0.1) is 0 Å². The number of nitrogens with zero attached hydrogens (tertiary/aromatic N) is 1. The molecule has 0 bridgehead atoms. The van der Waals surface area contributed by atoms with Crippen LogP contribution in [-0.4, -0.2) is 50.8 Å². The number of hydrogen-bond donors (Lipinski definition) is 2. The molecule has 0 unspecified atom stereocenters. The number of ether oxygens (including phenoxy) is 3. The summed E-state index contributed by atoms with van der Waals surface area (Å²) in [5.41, 5.74) is 2.69. The fraction of sp³-hybridized carbons (Fsp3) is 0.462. The Morgan fingerprint density at radius 3 is 2.38 bits per heavy atom. The first-order valence-corrected chi connectivity index (χ1v) is 11.7. The fourth-order valence-corrected chi connectivity index (χ4v) is 4.14. The monoisotopic (exact) mass is 469 g/mol. The molecule has 0 aliphatic carbocycles. The van der Waals surface area contributed by atoms with Gasteiger partial charge in [-0.3, -0.25) is 4.79 Å². The molecule has 2 aromatic rings. The molecule has 3 rings (SSSR count). The van der Waals surface area contributed by atoms with E-state index in [-0.39, 0.29) is 23.9 Å². The Morgan fingerprint density at radius 2 is 1.76 bits per heavy atom. The van der Waals surface area contributed by atoms with E-state index in [1.54, 1.807) is 19.1 Å². The Kier molecular flexibility index (Phi) is 8.62. The summed E-state index contributed by atoms with van der Waals surface area (Å²) >= 11 is 0. The number of carbonyl (C=O) groups is 2. The van der Waals surface area contributed by atoms with Gasteiger partial charge in [0.05, 0.1) is 26.9 Å². The summed E-state index contributed by atoms with van der Waals surface area (Å²) in [6, 6.07) is 10.6. The molecule has 2 aromatic carbocycles. The van der Waals surface area contributed by atoms with E-state index in [9.17, 15) is 9.59 Å². The third-order valence-corrected chi connectivity index (χ3v) is 5.77. The van der Waals surface area contributed by atoms with E-state index in [2.05, 4.69) is 10.6 Å². The van der Waals surface area contributed by atoms with Crippen molar-refractivity contribution in [2.45, 2.75) is 39.7 Å². The standard InChI is InChI=1S/C26H35N3O5/c1-6-34-20-9-7-19(8-10-20)28-26(31)29-12-11-18-14-23(32-4)24(33-5)15-21(18)22(29)16-27-25(30)13-17(2)3/h7-10,14-15,17,22H,6,11-13,16H2,1-5H3,(H,27,30)(H,28,31)/t22-/m0/s1. The lowest BCUT2D eigenvalue weighted by Gasteiger charge is -2.38. The van der Waals surface area contributed by atoms with Crippen LogP contribution in [0.3, 0.4) is 0 Å². The number of methoxy groups -OCH3 is 2. The van der Waals surface area contributed by atoms with Crippen LogP contribution in [0.25, 0.3) is 0 Å². The highest BCUT2D eigenvalue weighted by atomic mass is 16.5. The molecule has 184 valence electrons. The molecule has 8 heteroatoms. The zero-order valence-electron chi connectivity index (χ0n) is 20.6. The maximum absolute atomic E-state index is 13.3. The molecule has 0 fully saturated rings. The Morgan fingerprint density at radius 1 is 1.09 bits per heavy atom. The number of anilines is 1. The summed E-state index contributed by atoms with van der Waals surface area (Å²) in [5.74, 6) is 2.21. The molecular formula is C26H35N3O5. The Bertz CT molecular complexity index is 991. The van der Waals surface area contributed by atoms with E-state index < -0.39 is 0 Å². The van der Waals surface area contributed by atoms with E-state index in [1.165, 1.54) is 0 Å². The number of amides is 3. The second-order valence-electron chi connectivity index (χ2n) is 8.65. The van der Waals surface area contributed by atoms with Gasteiger partial charge in [-0.1, -0.05) is 13.8 Å². The van der Waals surface area contributed by atoms with Crippen LogP contribution in [0.4, 0.5) is 10.5 Å². The molecule has 0 saturated heterocycles. The van der Waals surface area contributed by atoms with Crippen LogP contribution in [0.2, 0.25) is 0 Å². The SMILES string of the molecule is CCOc1ccc(NC(=O)N2CCc3cc(OC)c(OC)cc3[C@@H]2CNC(=O)CC(C)C)cc1. The lowest BCUT2D eigenvalue weighted by molar-refractivity contribution is -0.122. The van der Waals surface area contributed by atoms with Crippen molar-refractivity contribution in [2.75, 3.05) is 39.2 Å². The maximum Gasteiger partial charge on any atom is 0.322 e. The first-order valence-electron chi connectivity index (χ1n) is 11.7. The van der Waals surface area contributed by atoms with E-state index >= 15 is 0 Å². The zero-order chi connectivity index (χ0) is 24.7. The fourth-order valence-electron chi connectivity index (χ4n) is 4.14. The van der Waals surface area contributed by atoms with Crippen molar-refractivity contribution in [3.63, 3.8) is 0 Å². The van der Waals surface area contributed by atoms with Gasteiger partial charge >= 0.3 is 6.03 Å². The first kappa shape index (κ1) is 25.2. The minimum Gasteiger partial charge on any atom is -0.494 e. The molecule has 2 N–H and O–H groups in total. The van der Waals surface area contributed by atoms with Crippen molar-refractivity contribution in [3.05, 3.63) is 47.5 Å². The number of benzene rings is 2. The molecule has 1 aliphatic rings. The predicted octanol–water partition coefficient (Wildman–Crippen LogP) is 4.40. The predicted molar refractivity (Wildman–Crippen MR) is 132 cm³/mol. The molecule has 3 amide bonds. The van der Waals surface area contributed by atoms with E-state index in [0.717, 1.165) is 16.9 Å². The van der Waals surface area contributed by atoms with Gasteiger partial charge < -0.3 is 29.7 Å². The van der Waals surface area contributed by atoms with Crippen molar-refractivity contribution in [2.24, 2.45) is 5.92 Å². The normalized spacial score (nSPS) is 14.9. The number of hydrogen-bond acceptors (Lipinski definition) is 5. The first-order chi connectivity index (χ1) is 16.4. The summed E-state index contributed by atoms with van der Waals surface area (Å²) in [7, 11) is 3.19. The highest BCUT2D eigenvalue weighted by Crippen LogP contribution is 2.38. The number of rotatable bonds is 9. The summed E-state index contributed by atoms with van der Waals surface area (Å²) in [4.78, 5) is 27.5. The van der Waals surface area contributed by atoms with Crippen LogP contribution in [0.15, 0.2) is 36.4 Å². The zero-order valence-corrected chi connectivity index (χ0v) is 20.6. The molecule has 1 heterocycles. The van der Waals surface area contributed by atoms with Gasteiger partial charge in [0, 0.05) is 25.2 Å². The van der Waals surface area contributed by atoms with Crippen LogP contribution < -0.4 is 24.8 Å². The largest absolute Gasteiger partial charge is 0.494 e. The third kappa shape index (κ3) is 6.12. The minimum absolute atomic E-state index is 0.0329. The summed E-state index contributed by atoms with van der Waals surface area (Å²) in [6.45, 7) is 7.33. The Balaban J connectivity index is 1.85. The highest BCUT2D eigenvalue weighted by molar-refractivity contribution is 5.90.